The molecular formula is C34H40F3N3O4S. The number of benzene rings is 3. The average molecular weight is 644 g/mol. The van der Waals surface area contributed by atoms with Crippen LogP contribution in [0.2, 0.25) is 0 Å². The smallest absolute Gasteiger partial charge is 0.352 e. The number of carbonyl (C=O) groups excluding carboxylic acids is 2. The molecule has 1 aliphatic carbocycles. The SMILES string of the molecule is Cc1cccc(CN(C(=O)CCCN(c2cccc(C(F)(F)F)c2)S(C)(=O)=O)C(Cc2ccccc2)C(=O)NC2CCCC2)c1. The lowest BCUT2D eigenvalue weighted by atomic mass is 10.0. The second-order valence-corrected chi connectivity index (χ2v) is 13.6. The monoisotopic (exact) mass is 643 g/mol. The number of halogens is 3. The minimum atomic E-state index is -4.64. The molecule has 1 fully saturated rings. The standard InChI is InChI=1S/C34H40F3N3O4S/c1-25-11-8-14-27(21-25)24-39(31(22-26-12-4-3-5-13-26)33(42)38-29-16-6-7-17-29)32(41)19-10-20-40(45(2,43)44)30-18-9-15-28(23-30)34(35,36)37/h3-5,8-9,11-15,18,21,23,29,31H,6-7,10,16-17,19-20,22,24H2,1-2H3,(H,38,42). The maximum Gasteiger partial charge on any atom is 0.416 e. The first-order valence-corrected chi connectivity index (χ1v) is 17.0. The third-order valence-corrected chi connectivity index (χ3v) is 9.22. The van der Waals surface area contributed by atoms with E-state index in [4.69, 9.17) is 0 Å². The Morgan fingerprint density at radius 1 is 0.933 bits per heavy atom. The Labute approximate surface area is 263 Å². The molecule has 1 atom stereocenters. The lowest BCUT2D eigenvalue weighted by Crippen LogP contribution is -2.52. The van der Waals surface area contributed by atoms with Crippen molar-refractivity contribution in [2.75, 3.05) is 17.1 Å². The van der Waals surface area contributed by atoms with Gasteiger partial charge in [-0.15, -0.1) is 0 Å². The summed E-state index contributed by atoms with van der Waals surface area (Å²) in [5, 5.41) is 3.15. The van der Waals surface area contributed by atoms with Gasteiger partial charge >= 0.3 is 6.18 Å². The van der Waals surface area contributed by atoms with Crippen molar-refractivity contribution in [1.82, 2.24) is 10.2 Å². The summed E-state index contributed by atoms with van der Waals surface area (Å²) in [5.41, 5.74) is 1.64. The van der Waals surface area contributed by atoms with Crippen LogP contribution >= 0.6 is 0 Å². The van der Waals surface area contributed by atoms with E-state index in [1.807, 2.05) is 61.5 Å². The average Bonchev–Trinajstić information content (AvgIpc) is 3.49. The molecule has 4 rings (SSSR count). The van der Waals surface area contributed by atoms with Crippen molar-refractivity contribution in [2.24, 2.45) is 0 Å². The van der Waals surface area contributed by atoms with Crippen molar-refractivity contribution >= 4 is 27.5 Å². The first-order chi connectivity index (χ1) is 21.3. The molecule has 0 bridgehead atoms. The molecule has 3 aromatic rings. The van der Waals surface area contributed by atoms with Crippen molar-refractivity contribution in [1.29, 1.82) is 0 Å². The van der Waals surface area contributed by atoms with E-state index >= 15 is 0 Å². The zero-order chi connectivity index (χ0) is 32.6. The van der Waals surface area contributed by atoms with Crippen LogP contribution in [0.3, 0.4) is 0 Å². The van der Waals surface area contributed by atoms with E-state index in [0.29, 0.717) is 0 Å². The summed E-state index contributed by atoms with van der Waals surface area (Å²) in [6.07, 6.45) is 0.315. The van der Waals surface area contributed by atoms with E-state index in [0.717, 1.165) is 71.1 Å². The maximum absolute atomic E-state index is 14.0. The van der Waals surface area contributed by atoms with Crippen molar-refractivity contribution < 1.29 is 31.2 Å². The van der Waals surface area contributed by atoms with Gasteiger partial charge in [-0.25, -0.2) is 8.42 Å². The minimum Gasteiger partial charge on any atom is -0.352 e. The number of anilines is 1. The molecular weight excluding hydrogens is 603 g/mol. The highest BCUT2D eigenvalue weighted by molar-refractivity contribution is 7.92. The molecule has 11 heteroatoms. The van der Waals surface area contributed by atoms with E-state index in [-0.39, 0.29) is 55.9 Å². The summed E-state index contributed by atoms with van der Waals surface area (Å²) >= 11 is 0. The molecule has 0 spiro atoms. The van der Waals surface area contributed by atoms with Crippen LogP contribution in [-0.2, 0) is 38.8 Å². The van der Waals surface area contributed by atoms with Crippen LogP contribution in [0.1, 0.15) is 60.8 Å². The van der Waals surface area contributed by atoms with Gasteiger partial charge in [-0.2, -0.15) is 13.2 Å². The van der Waals surface area contributed by atoms with Crippen LogP contribution in [0.5, 0.6) is 0 Å². The van der Waals surface area contributed by atoms with Crippen molar-refractivity contribution in [2.45, 2.75) is 76.7 Å². The number of aryl methyl sites for hydroxylation is 1. The number of alkyl halides is 3. The van der Waals surface area contributed by atoms with E-state index < -0.39 is 27.8 Å². The topological polar surface area (TPSA) is 86.8 Å². The fourth-order valence-electron chi connectivity index (χ4n) is 5.77. The van der Waals surface area contributed by atoms with Gasteiger partial charge in [0.05, 0.1) is 17.5 Å². The Bertz CT molecular complexity index is 1560. The first-order valence-electron chi connectivity index (χ1n) is 15.2. The van der Waals surface area contributed by atoms with Crippen LogP contribution in [-0.4, -0.2) is 50.0 Å². The van der Waals surface area contributed by atoms with Gasteiger partial charge in [0.15, 0.2) is 0 Å². The molecule has 0 saturated heterocycles. The van der Waals surface area contributed by atoms with Gasteiger partial charge in [0, 0.05) is 32.0 Å². The zero-order valence-electron chi connectivity index (χ0n) is 25.6. The molecule has 1 N–H and O–H groups in total. The highest BCUT2D eigenvalue weighted by Crippen LogP contribution is 2.32. The van der Waals surface area contributed by atoms with E-state index in [9.17, 15) is 31.2 Å². The molecule has 3 aromatic carbocycles. The van der Waals surface area contributed by atoms with E-state index in [2.05, 4.69) is 5.32 Å². The van der Waals surface area contributed by atoms with Crippen molar-refractivity contribution in [3.05, 3.63) is 101 Å². The summed E-state index contributed by atoms with van der Waals surface area (Å²) in [6, 6.07) is 20.5. The highest BCUT2D eigenvalue weighted by atomic mass is 32.2. The van der Waals surface area contributed by atoms with Gasteiger partial charge in [-0.05, 0) is 55.5 Å². The molecule has 1 saturated carbocycles. The van der Waals surface area contributed by atoms with Gasteiger partial charge < -0.3 is 10.2 Å². The number of hydrogen-bond donors (Lipinski definition) is 1. The van der Waals surface area contributed by atoms with Gasteiger partial charge in [0.25, 0.3) is 0 Å². The Hall–Kier alpha value is -3.86. The summed E-state index contributed by atoms with van der Waals surface area (Å²) < 4.78 is 66.2. The normalized spacial score (nSPS) is 14.6. The molecule has 45 heavy (non-hydrogen) atoms. The van der Waals surface area contributed by atoms with Gasteiger partial charge in [-0.3, -0.25) is 13.9 Å². The Kier molecular flexibility index (Phi) is 11.3. The maximum atomic E-state index is 14.0. The predicted octanol–water partition coefficient (Wildman–Crippen LogP) is 6.26. The number of sulfonamides is 1. The quantitative estimate of drug-likeness (QED) is 0.238. The third-order valence-electron chi connectivity index (χ3n) is 8.02. The molecule has 0 heterocycles. The van der Waals surface area contributed by atoms with Crippen LogP contribution in [0, 0.1) is 6.92 Å². The number of amides is 2. The molecule has 0 aromatic heterocycles. The van der Waals surface area contributed by atoms with Crippen LogP contribution in [0.25, 0.3) is 0 Å². The number of hydrogen-bond acceptors (Lipinski definition) is 4. The molecule has 0 radical (unpaired) electrons. The van der Waals surface area contributed by atoms with Crippen molar-refractivity contribution in [3.8, 4) is 0 Å². The molecule has 0 aliphatic heterocycles. The number of nitrogens with one attached hydrogen (secondary N) is 1. The largest absolute Gasteiger partial charge is 0.416 e. The Morgan fingerprint density at radius 2 is 1.60 bits per heavy atom. The van der Waals surface area contributed by atoms with Gasteiger partial charge in [-0.1, -0.05) is 79.1 Å². The van der Waals surface area contributed by atoms with Crippen molar-refractivity contribution in [3.63, 3.8) is 0 Å². The Balaban J connectivity index is 1.59. The molecule has 1 unspecified atom stereocenters. The Morgan fingerprint density at radius 3 is 2.24 bits per heavy atom. The summed E-state index contributed by atoms with van der Waals surface area (Å²) in [6.45, 7) is 1.90. The number of nitrogens with zero attached hydrogens (tertiary/aromatic N) is 2. The number of carbonyl (C=O) groups is 2. The van der Waals surface area contributed by atoms with Crippen LogP contribution < -0.4 is 9.62 Å². The third kappa shape index (κ3) is 9.81. The highest BCUT2D eigenvalue weighted by Gasteiger charge is 2.33. The number of rotatable bonds is 13. The van der Waals surface area contributed by atoms with E-state index in [1.54, 1.807) is 4.90 Å². The first kappa shape index (κ1) is 34.0. The minimum absolute atomic E-state index is 0.0365. The van der Waals surface area contributed by atoms with Crippen LogP contribution in [0.4, 0.5) is 18.9 Å². The molecule has 2 amide bonds. The summed E-state index contributed by atoms with van der Waals surface area (Å²) in [5.74, 6) is -0.593. The zero-order valence-corrected chi connectivity index (χ0v) is 26.4. The second kappa shape index (κ2) is 14.9. The lowest BCUT2D eigenvalue weighted by molar-refractivity contribution is -0.141. The van der Waals surface area contributed by atoms with Crippen LogP contribution in [0.15, 0.2) is 78.9 Å². The second-order valence-electron chi connectivity index (χ2n) is 11.7. The fourth-order valence-corrected chi connectivity index (χ4v) is 6.73. The summed E-state index contributed by atoms with van der Waals surface area (Å²) in [7, 11) is -3.96. The van der Waals surface area contributed by atoms with Gasteiger partial charge in [0.2, 0.25) is 21.8 Å². The predicted molar refractivity (Wildman–Crippen MR) is 169 cm³/mol. The molecule has 1 aliphatic rings. The van der Waals surface area contributed by atoms with Gasteiger partial charge in [0.1, 0.15) is 6.04 Å². The molecule has 242 valence electrons. The summed E-state index contributed by atoms with van der Waals surface area (Å²) in [4.78, 5) is 29.4. The lowest BCUT2D eigenvalue weighted by Gasteiger charge is -2.33. The molecule has 7 nitrogen and oxygen atoms in total. The fraction of sp³-hybridized carbons (Fsp3) is 0.412. The van der Waals surface area contributed by atoms with E-state index in [1.165, 1.54) is 6.07 Å².